The Kier molecular flexibility index (Phi) is 9.71. The van der Waals surface area contributed by atoms with Crippen molar-refractivity contribution in [2.75, 3.05) is 33.4 Å². The van der Waals surface area contributed by atoms with E-state index in [-0.39, 0.29) is 4.70 Å². The van der Waals surface area contributed by atoms with Crippen LogP contribution in [-0.2, 0) is 0 Å². The molecular weight excluding hydrogens is 187 g/mol. The van der Waals surface area contributed by atoms with E-state index < -0.39 is 7.54 Å². The largest absolute Gasteiger partial charge is 1.00 e. The molecule has 0 aliphatic carbocycles. The zero-order valence-electron chi connectivity index (χ0n) is 7.81. The monoisotopic (exact) mass is 201 g/mol. The van der Waals surface area contributed by atoms with Gasteiger partial charge in [-0.1, -0.05) is 6.92 Å². The van der Waals surface area contributed by atoms with Crippen LogP contribution in [0.3, 0.4) is 0 Å². The smallest absolute Gasteiger partial charge is 0.762 e. The summed E-state index contributed by atoms with van der Waals surface area (Å²) < 4.78 is 29.0. The Morgan fingerprint density at radius 3 is 1.85 bits per heavy atom. The minimum atomic E-state index is -3.67. The molecule has 0 aromatic carbocycles. The standard InChI is InChI=1S/C6H14N2.BF3.FH/c1-3-8-5-4-7(2)6-8;2-1(3)4;/h3-6H2,1-2H3;;1H/p-1. The van der Waals surface area contributed by atoms with E-state index in [0.717, 1.165) is 6.67 Å². The predicted molar refractivity (Wildman–Crippen MR) is 43.8 cm³/mol. The SMILES string of the molecule is CCN1CCN(C)C1.FB(F)F.[F-]. The summed E-state index contributed by atoms with van der Waals surface area (Å²) in [7, 11) is -1.50. The molecule has 0 amide bonds. The van der Waals surface area contributed by atoms with Gasteiger partial charge in [0.05, 0.1) is 6.67 Å². The van der Waals surface area contributed by atoms with E-state index in [0.29, 0.717) is 0 Å². The lowest BCUT2D eigenvalue weighted by atomic mass is 10.5. The Balaban J connectivity index is 0. The van der Waals surface area contributed by atoms with Gasteiger partial charge in [0.1, 0.15) is 0 Å². The van der Waals surface area contributed by atoms with Crippen molar-refractivity contribution in [2.24, 2.45) is 0 Å². The quantitative estimate of drug-likeness (QED) is 0.361. The maximum Gasteiger partial charge on any atom is 0.762 e. The Morgan fingerprint density at radius 1 is 1.23 bits per heavy atom. The molecule has 1 aliphatic rings. The Bertz CT molecular complexity index is 114. The van der Waals surface area contributed by atoms with Gasteiger partial charge in [-0.05, 0) is 13.6 Å². The van der Waals surface area contributed by atoms with Gasteiger partial charge in [0.2, 0.25) is 0 Å². The van der Waals surface area contributed by atoms with Crippen molar-refractivity contribution in [2.45, 2.75) is 6.92 Å². The summed E-state index contributed by atoms with van der Waals surface area (Å²) >= 11 is 0. The Hall–Kier alpha value is -0.295. The van der Waals surface area contributed by atoms with Gasteiger partial charge in [-0.15, -0.1) is 0 Å². The van der Waals surface area contributed by atoms with Gasteiger partial charge in [0.15, 0.2) is 0 Å². The van der Waals surface area contributed by atoms with Crippen LogP contribution in [-0.4, -0.2) is 50.7 Å². The average molecular weight is 201 g/mol. The number of halogens is 4. The van der Waals surface area contributed by atoms with Crippen LogP contribution in [0.25, 0.3) is 0 Å². The summed E-state index contributed by atoms with van der Waals surface area (Å²) in [5.41, 5.74) is 0. The number of nitrogens with zero attached hydrogens (tertiary/aromatic N) is 2. The van der Waals surface area contributed by atoms with Crippen molar-refractivity contribution in [1.29, 1.82) is 0 Å². The molecule has 0 bridgehead atoms. The second-order valence-electron chi connectivity index (χ2n) is 2.68. The minimum Gasteiger partial charge on any atom is -1.00 e. The number of hydrogen-bond donors (Lipinski definition) is 0. The van der Waals surface area contributed by atoms with Gasteiger partial charge in [0, 0.05) is 13.1 Å². The van der Waals surface area contributed by atoms with Gasteiger partial charge in [-0.25, -0.2) is 0 Å². The Labute approximate surface area is 76.3 Å². The molecule has 2 nitrogen and oxygen atoms in total. The van der Waals surface area contributed by atoms with Crippen LogP contribution < -0.4 is 4.70 Å². The highest BCUT2D eigenvalue weighted by Gasteiger charge is 2.12. The molecule has 1 heterocycles. The van der Waals surface area contributed by atoms with Crippen molar-refractivity contribution in [3.05, 3.63) is 0 Å². The van der Waals surface area contributed by atoms with E-state index in [1.807, 2.05) is 0 Å². The molecule has 80 valence electrons. The first-order chi connectivity index (χ1) is 5.56. The van der Waals surface area contributed by atoms with Crippen LogP contribution in [0, 0.1) is 0 Å². The summed E-state index contributed by atoms with van der Waals surface area (Å²) in [5.74, 6) is 0. The molecule has 1 rings (SSSR count). The summed E-state index contributed by atoms with van der Waals surface area (Å²) in [5, 5.41) is 0. The van der Waals surface area contributed by atoms with Crippen molar-refractivity contribution >= 4 is 7.54 Å². The lowest BCUT2D eigenvalue weighted by Gasteiger charge is -2.10. The van der Waals surface area contributed by atoms with Crippen LogP contribution in [0.2, 0.25) is 0 Å². The van der Waals surface area contributed by atoms with Crippen molar-refractivity contribution in [3.63, 3.8) is 0 Å². The Morgan fingerprint density at radius 2 is 1.69 bits per heavy atom. The van der Waals surface area contributed by atoms with E-state index in [9.17, 15) is 12.9 Å². The first-order valence-electron chi connectivity index (χ1n) is 3.89. The highest BCUT2D eigenvalue weighted by Crippen LogP contribution is 1.98. The topological polar surface area (TPSA) is 6.48 Å². The first kappa shape index (κ1) is 15.2. The fraction of sp³-hybridized carbons (Fsp3) is 1.00. The van der Waals surface area contributed by atoms with Crippen LogP contribution in [0.1, 0.15) is 6.92 Å². The molecule has 7 heteroatoms. The summed E-state index contributed by atoms with van der Waals surface area (Å²) in [6.45, 7) is 7.07. The van der Waals surface area contributed by atoms with Gasteiger partial charge < -0.3 is 4.70 Å². The van der Waals surface area contributed by atoms with Gasteiger partial charge >= 0.3 is 7.54 Å². The first-order valence-corrected chi connectivity index (χ1v) is 3.89. The molecule has 1 fully saturated rings. The number of rotatable bonds is 1. The number of likely N-dealkylation sites (N-methyl/N-ethyl adjacent to an activating group) is 2. The second-order valence-corrected chi connectivity index (χ2v) is 2.68. The molecule has 1 aliphatic heterocycles. The molecule has 0 aromatic rings. The number of hydrogen-bond acceptors (Lipinski definition) is 2. The van der Waals surface area contributed by atoms with E-state index in [2.05, 4.69) is 23.8 Å². The maximum atomic E-state index is 9.67. The fourth-order valence-electron chi connectivity index (χ4n) is 1.05. The lowest BCUT2D eigenvalue weighted by Crippen LogP contribution is -3.00. The van der Waals surface area contributed by atoms with E-state index >= 15 is 0 Å². The molecule has 13 heavy (non-hydrogen) atoms. The van der Waals surface area contributed by atoms with E-state index in [1.54, 1.807) is 0 Å². The van der Waals surface area contributed by atoms with Crippen LogP contribution in [0.15, 0.2) is 0 Å². The molecule has 0 unspecified atom stereocenters. The predicted octanol–water partition coefficient (Wildman–Crippen LogP) is -1.90. The molecule has 0 spiro atoms. The molecule has 0 atom stereocenters. The highest BCUT2D eigenvalue weighted by atomic mass is 19.4. The van der Waals surface area contributed by atoms with Crippen molar-refractivity contribution in [1.82, 2.24) is 9.80 Å². The van der Waals surface area contributed by atoms with Crippen LogP contribution in [0.5, 0.6) is 0 Å². The van der Waals surface area contributed by atoms with Gasteiger partial charge in [-0.2, -0.15) is 0 Å². The zero-order chi connectivity index (χ0) is 9.56. The average Bonchev–Trinajstić information content (AvgIpc) is 2.34. The molecular formula is C6H14BF4N2-. The highest BCUT2D eigenvalue weighted by molar-refractivity contribution is 6.33. The van der Waals surface area contributed by atoms with Crippen LogP contribution in [0.4, 0.5) is 12.9 Å². The lowest BCUT2D eigenvalue weighted by molar-refractivity contribution is -0.00000547. The fourth-order valence-corrected chi connectivity index (χ4v) is 1.05. The zero-order valence-corrected chi connectivity index (χ0v) is 7.81. The van der Waals surface area contributed by atoms with E-state index in [4.69, 9.17) is 0 Å². The summed E-state index contributed by atoms with van der Waals surface area (Å²) in [6.07, 6.45) is 0. The van der Waals surface area contributed by atoms with Gasteiger partial charge in [-0.3, -0.25) is 22.7 Å². The third-order valence-electron chi connectivity index (χ3n) is 1.69. The molecule has 0 N–H and O–H groups in total. The summed E-state index contributed by atoms with van der Waals surface area (Å²) in [6, 6.07) is 0. The third-order valence-corrected chi connectivity index (χ3v) is 1.69. The normalized spacial score (nSPS) is 17.3. The second kappa shape index (κ2) is 8.31. The summed E-state index contributed by atoms with van der Waals surface area (Å²) in [4.78, 5) is 4.77. The van der Waals surface area contributed by atoms with Crippen molar-refractivity contribution in [3.8, 4) is 0 Å². The molecule has 0 radical (unpaired) electrons. The van der Waals surface area contributed by atoms with E-state index in [1.165, 1.54) is 19.6 Å². The van der Waals surface area contributed by atoms with Gasteiger partial charge in [0.25, 0.3) is 0 Å². The molecule has 1 saturated heterocycles. The minimum absolute atomic E-state index is 0. The van der Waals surface area contributed by atoms with Crippen molar-refractivity contribution < 1.29 is 17.7 Å². The van der Waals surface area contributed by atoms with Crippen LogP contribution >= 0.6 is 0 Å². The molecule has 0 saturated carbocycles. The maximum absolute atomic E-state index is 9.67. The third kappa shape index (κ3) is 9.62. The molecule has 0 aromatic heterocycles.